The molecule has 4 bridgehead atoms. The van der Waals surface area contributed by atoms with Gasteiger partial charge in [-0.25, -0.2) is 0 Å². The molecular formula is C14H23OS+. The fourth-order valence-corrected chi connectivity index (χ4v) is 5.70. The summed E-state index contributed by atoms with van der Waals surface area (Å²) in [6.07, 6.45) is 12.5. The summed E-state index contributed by atoms with van der Waals surface area (Å²) in [4.78, 5) is 12.5. The van der Waals surface area contributed by atoms with Crippen LogP contribution in [0.2, 0.25) is 0 Å². The molecule has 4 saturated carbocycles. The number of hydrogen-bond donors (Lipinski definition) is 0. The van der Waals surface area contributed by atoms with Gasteiger partial charge in [-0.05, 0) is 67.2 Å². The maximum atomic E-state index is 12.5. The van der Waals surface area contributed by atoms with E-state index >= 15 is 0 Å². The molecular weight excluding hydrogens is 216 g/mol. The lowest BCUT2D eigenvalue weighted by Crippen LogP contribution is -2.51. The van der Waals surface area contributed by atoms with Gasteiger partial charge in [0.1, 0.15) is 0 Å². The lowest BCUT2D eigenvalue weighted by molar-refractivity contribution is -0.141. The molecule has 4 aliphatic rings. The molecule has 0 aromatic carbocycles. The molecule has 90 valence electrons. The second-order valence-corrected chi connectivity index (χ2v) is 9.01. The zero-order valence-corrected chi connectivity index (χ0v) is 11.3. The van der Waals surface area contributed by atoms with Crippen LogP contribution in [-0.2, 0) is 15.7 Å². The first-order valence-electron chi connectivity index (χ1n) is 6.65. The summed E-state index contributed by atoms with van der Waals surface area (Å²) in [6.45, 7) is 0. The predicted octanol–water partition coefficient (Wildman–Crippen LogP) is 2.65. The molecule has 0 N–H and O–H groups in total. The average molecular weight is 239 g/mol. The zero-order chi connectivity index (χ0) is 11.3. The first kappa shape index (κ1) is 11.1. The van der Waals surface area contributed by atoms with Crippen molar-refractivity contribution in [3.05, 3.63) is 0 Å². The number of carbonyl (C=O) groups excluding carboxylic acids is 1. The van der Waals surface area contributed by atoms with Gasteiger partial charge in [-0.3, -0.25) is 4.79 Å². The Labute approximate surface area is 102 Å². The Kier molecular flexibility index (Phi) is 2.62. The highest BCUT2D eigenvalue weighted by Crippen LogP contribution is 2.60. The lowest BCUT2D eigenvalue weighted by atomic mass is 9.48. The van der Waals surface area contributed by atoms with E-state index in [0.717, 1.165) is 23.5 Å². The molecule has 2 heteroatoms. The van der Waals surface area contributed by atoms with E-state index in [-0.39, 0.29) is 5.41 Å². The van der Waals surface area contributed by atoms with Crippen molar-refractivity contribution in [1.29, 1.82) is 0 Å². The summed E-state index contributed by atoms with van der Waals surface area (Å²) < 4.78 is 0. The Hall–Kier alpha value is 0.0200. The summed E-state index contributed by atoms with van der Waals surface area (Å²) in [6, 6.07) is 0. The maximum Gasteiger partial charge on any atom is 0.187 e. The maximum absolute atomic E-state index is 12.5. The Bertz CT molecular complexity index is 273. The largest absolute Gasteiger partial charge is 0.294 e. The van der Waals surface area contributed by atoms with E-state index in [2.05, 4.69) is 12.5 Å². The lowest BCUT2D eigenvalue weighted by Gasteiger charge is -2.55. The molecule has 0 aromatic heterocycles. The molecule has 0 atom stereocenters. The number of hydrogen-bond acceptors (Lipinski definition) is 1. The van der Waals surface area contributed by atoms with E-state index in [1.165, 1.54) is 38.5 Å². The first-order valence-corrected chi connectivity index (χ1v) is 8.86. The minimum Gasteiger partial charge on any atom is -0.294 e. The molecule has 0 aliphatic heterocycles. The van der Waals surface area contributed by atoms with Crippen molar-refractivity contribution in [1.82, 2.24) is 0 Å². The summed E-state index contributed by atoms with van der Waals surface area (Å²) in [5.74, 6) is 4.20. The van der Waals surface area contributed by atoms with Crippen LogP contribution in [0.4, 0.5) is 0 Å². The molecule has 1 nitrogen and oxygen atoms in total. The summed E-state index contributed by atoms with van der Waals surface area (Å²) in [5, 5.41) is 0. The van der Waals surface area contributed by atoms with E-state index in [4.69, 9.17) is 0 Å². The molecule has 0 heterocycles. The van der Waals surface area contributed by atoms with Gasteiger partial charge in [-0.1, -0.05) is 0 Å². The van der Waals surface area contributed by atoms with E-state index in [0.29, 0.717) is 16.7 Å². The second-order valence-electron chi connectivity index (χ2n) is 6.75. The Morgan fingerprint density at radius 3 is 1.88 bits per heavy atom. The third kappa shape index (κ3) is 1.73. The first-order chi connectivity index (χ1) is 7.57. The normalized spacial score (nSPS) is 45.3. The number of Topliss-reactive ketones (excluding diaryl/α,β-unsaturated/α-hetero) is 1. The van der Waals surface area contributed by atoms with Crippen LogP contribution in [0.15, 0.2) is 0 Å². The van der Waals surface area contributed by atoms with Crippen LogP contribution in [0.1, 0.15) is 38.5 Å². The van der Waals surface area contributed by atoms with Crippen molar-refractivity contribution in [2.75, 3.05) is 18.3 Å². The molecule has 0 spiro atoms. The molecule has 4 rings (SSSR count). The number of carbonyl (C=O) groups is 1. The topological polar surface area (TPSA) is 17.1 Å². The highest BCUT2D eigenvalue weighted by Gasteiger charge is 2.54. The van der Waals surface area contributed by atoms with Crippen molar-refractivity contribution < 1.29 is 4.79 Å². The summed E-state index contributed by atoms with van der Waals surface area (Å²) >= 11 is 0. The fraction of sp³-hybridized carbons (Fsp3) is 0.929. The standard InChI is InChI=1S/C14H23OS/c1-16(2)9-13(15)14-6-10-3-11(7-14)5-12(4-10)8-14/h10-12H,3-9H2,1-2H3/q+1. The van der Waals surface area contributed by atoms with Crippen molar-refractivity contribution in [3.63, 3.8) is 0 Å². The molecule has 0 saturated heterocycles. The molecule has 0 aromatic rings. The van der Waals surface area contributed by atoms with Crippen LogP contribution in [0.3, 0.4) is 0 Å². The predicted molar refractivity (Wildman–Crippen MR) is 69.7 cm³/mol. The summed E-state index contributed by atoms with van der Waals surface area (Å²) in [5.41, 5.74) is 0.159. The smallest absolute Gasteiger partial charge is 0.187 e. The van der Waals surface area contributed by atoms with Crippen molar-refractivity contribution >= 4 is 16.7 Å². The van der Waals surface area contributed by atoms with Crippen LogP contribution in [-0.4, -0.2) is 24.0 Å². The van der Waals surface area contributed by atoms with Crippen molar-refractivity contribution in [3.8, 4) is 0 Å². The zero-order valence-electron chi connectivity index (χ0n) is 10.5. The molecule has 0 unspecified atom stereocenters. The van der Waals surface area contributed by atoms with Crippen LogP contribution < -0.4 is 0 Å². The average Bonchev–Trinajstić information content (AvgIpc) is 2.13. The van der Waals surface area contributed by atoms with E-state index in [9.17, 15) is 4.79 Å². The van der Waals surface area contributed by atoms with Crippen LogP contribution in [0, 0.1) is 23.2 Å². The molecule has 4 aliphatic carbocycles. The van der Waals surface area contributed by atoms with Crippen LogP contribution >= 0.6 is 0 Å². The van der Waals surface area contributed by atoms with Gasteiger partial charge < -0.3 is 0 Å². The monoisotopic (exact) mass is 239 g/mol. The SMILES string of the molecule is C[S+](C)CC(=O)C12CC3CC(CC(C3)C1)C2. The molecule has 0 radical (unpaired) electrons. The van der Waals surface area contributed by atoms with Gasteiger partial charge in [-0.15, -0.1) is 0 Å². The third-order valence-electron chi connectivity index (χ3n) is 5.05. The van der Waals surface area contributed by atoms with Gasteiger partial charge in [0, 0.05) is 5.41 Å². The van der Waals surface area contributed by atoms with Crippen molar-refractivity contribution in [2.24, 2.45) is 23.2 Å². The van der Waals surface area contributed by atoms with E-state index in [1.807, 2.05) is 0 Å². The highest BCUT2D eigenvalue weighted by atomic mass is 32.2. The Morgan fingerprint density at radius 2 is 1.50 bits per heavy atom. The highest BCUT2D eigenvalue weighted by molar-refractivity contribution is 7.96. The summed E-state index contributed by atoms with van der Waals surface area (Å²) in [7, 11) is 0.292. The van der Waals surface area contributed by atoms with Gasteiger partial charge in [0.2, 0.25) is 0 Å². The molecule has 4 fully saturated rings. The molecule has 0 amide bonds. The second kappa shape index (κ2) is 3.76. The Morgan fingerprint density at radius 1 is 1.06 bits per heavy atom. The van der Waals surface area contributed by atoms with Crippen LogP contribution in [0.25, 0.3) is 0 Å². The molecule has 16 heavy (non-hydrogen) atoms. The van der Waals surface area contributed by atoms with E-state index < -0.39 is 0 Å². The van der Waals surface area contributed by atoms with Gasteiger partial charge in [0.15, 0.2) is 11.5 Å². The minimum atomic E-state index is 0.159. The Balaban J connectivity index is 1.80. The number of ketones is 1. The van der Waals surface area contributed by atoms with Crippen LogP contribution in [0.5, 0.6) is 0 Å². The van der Waals surface area contributed by atoms with Gasteiger partial charge >= 0.3 is 0 Å². The minimum absolute atomic E-state index is 0.159. The van der Waals surface area contributed by atoms with Gasteiger partial charge in [0.05, 0.1) is 12.5 Å². The number of rotatable bonds is 3. The van der Waals surface area contributed by atoms with Crippen molar-refractivity contribution in [2.45, 2.75) is 38.5 Å². The quantitative estimate of drug-likeness (QED) is 0.692. The van der Waals surface area contributed by atoms with Gasteiger partial charge in [-0.2, -0.15) is 0 Å². The fourth-order valence-electron chi connectivity index (χ4n) is 4.87. The van der Waals surface area contributed by atoms with E-state index in [1.54, 1.807) is 0 Å². The van der Waals surface area contributed by atoms with Gasteiger partial charge in [0.25, 0.3) is 0 Å². The third-order valence-corrected chi connectivity index (χ3v) is 5.89.